The third-order valence-electron chi connectivity index (χ3n) is 2.88. The van der Waals surface area contributed by atoms with E-state index in [9.17, 15) is 4.79 Å². The number of nitrogens with zero attached hydrogens (tertiary/aromatic N) is 3. The molecule has 0 radical (unpaired) electrons. The topological polar surface area (TPSA) is 86.9 Å². The van der Waals surface area contributed by atoms with Gasteiger partial charge < -0.3 is 10.2 Å². The average Bonchev–Trinajstić information content (AvgIpc) is 2.84. The van der Waals surface area contributed by atoms with Gasteiger partial charge in [0.15, 0.2) is 5.43 Å². The van der Waals surface area contributed by atoms with E-state index in [-0.39, 0.29) is 12.0 Å². The van der Waals surface area contributed by atoms with Gasteiger partial charge in [0.25, 0.3) is 0 Å². The van der Waals surface area contributed by atoms with Gasteiger partial charge in [-0.15, -0.1) is 5.10 Å². The summed E-state index contributed by atoms with van der Waals surface area (Å²) >= 11 is 0. The second kappa shape index (κ2) is 4.33. The van der Waals surface area contributed by atoms with Crippen molar-refractivity contribution < 1.29 is 4.42 Å². The zero-order valence-corrected chi connectivity index (χ0v) is 10.3. The Labute approximate surface area is 108 Å². The fourth-order valence-electron chi connectivity index (χ4n) is 1.94. The van der Waals surface area contributed by atoms with Gasteiger partial charge in [0, 0.05) is 18.7 Å². The lowest BCUT2D eigenvalue weighted by molar-refractivity contribution is 0.539. The lowest BCUT2D eigenvalue weighted by Crippen LogP contribution is -2.05. The number of aromatic nitrogens is 3. The van der Waals surface area contributed by atoms with Gasteiger partial charge in [0.1, 0.15) is 17.0 Å². The molecule has 2 aromatic heterocycles. The highest BCUT2D eigenvalue weighted by Crippen LogP contribution is 2.21. The number of hydrogen-bond acceptors (Lipinski definition) is 5. The molecule has 0 aliphatic rings. The van der Waals surface area contributed by atoms with E-state index in [1.807, 2.05) is 6.07 Å². The summed E-state index contributed by atoms with van der Waals surface area (Å²) in [4.78, 5) is 11.9. The van der Waals surface area contributed by atoms with Gasteiger partial charge in [-0.25, -0.2) is 0 Å². The van der Waals surface area contributed by atoms with Crippen molar-refractivity contribution in [2.24, 2.45) is 12.8 Å². The second-order valence-corrected chi connectivity index (χ2v) is 4.27. The number of benzene rings is 1. The number of nitrogens with two attached hydrogens (primary N) is 1. The number of aryl methyl sites for hydroxylation is 1. The zero-order valence-electron chi connectivity index (χ0n) is 10.3. The summed E-state index contributed by atoms with van der Waals surface area (Å²) in [5.41, 5.74) is 7.50. The molecule has 3 rings (SSSR count). The summed E-state index contributed by atoms with van der Waals surface area (Å²) in [6.45, 7) is 0.195. The van der Waals surface area contributed by atoms with E-state index in [1.165, 1.54) is 6.07 Å². The van der Waals surface area contributed by atoms with Crippen molar-refractivity contribution in [2.75, 3.05) is 0 Å². The molecule has 0 unspecified atom stereocenters. The first-order valence-electron chi connectivity index (χ1n) is 5.81. The lowest BCUT2D eigenvalue weighted by Gasteiger charge is -2.02. The molecule has 19 heavy (non-hydrogen) atoms. The van der Waals surface area contributed by atoms with Crippen LogP contribution in [0, 0.1) is 0 Å². The first-order valence-corrected chi connectivity index (χ1v) is 5.81. The minimum absolute atomic E-state index is 0.0904. The maximum absolute atomic E-state index is 11.9. The molecule has 0 spiro atoms. The smallest absolute Gasteiger partial charge is 0.192 e. The zero-order chi connectivity index (χ0) is 13.4. The first-order chi connectivity index (χ1) is 9.17. The Balaban J connectivity index is 2.22. The van der Waals surface area contributed by atoms with E-state index in [2.05, 4.69) is 10.3 Å². The van der Waals surface area contributed by atoms with Gasteiger partial charge in [-0.05, 0) is 12.1 Å². The number of hydrogen-bond donors (Lipinski definition) is 1. The maximum atomic E-state index is 11.9. The monoisotopic (exact) mass is 256 g/mol. The molecule has 0 saturated carbocycles. The van der Waals surface area contributed by atoms with Crippen LogP contribution in [0.25, 0.3) is 22.2 Å². The van der Waals surface area contributed by atoms with Crippen LogP contribution in [0.1, 0.15) is 5.76 Å². The second-order valence-electron chi connectivity index (χ2n) is 4.27. The summed E-state index contributed by atoms with van der Waals surface area (Å²) in [7, 11) is 1.80. The molecule has 96 valence electrons. The predicted octanol–water partition coefficient (Wildman–Crippen LogP) is 1.05. The van der Waals surface area contributed by atoms with Crippen molar-refractivity contribution in [1.29, 1.82) is 0 Å². The van der Waals surface area contributed by atoms with Gasteiger partial charge in [0.2, 0.25) is 0 Å². The van der Waals surface area contributed by atoms with Gasteiger partial charge >= 0.3 is 0 Å². The molecule has 0 atom stereocenters. The summed E-state index contributed by atoms with van der Waals surface area (Å²) in [5, 5.41) is 8.44. The molecular formula is C13H12N4O2. The summed E-state index contributed by atoms with van der Waals surface area (Å²) in [6.07, 6.45) is 1.80. The summed E-state index contributed by atoms with van der Waals surface area (Å²) in [6, 6.07) is 6.75. The Morgan fingerprint density at radius 3 is 2.89 bits per heavy atom. The van der Waals surface area contributed by atoms with Gasteiger partial charge in [-0.1, -0.05) is 11.3 Å². The van der Waals surface area contributed by atoms with Crippen molar-refractivity contribution in [1.82, 2.24) is 15.0 Å². The normalized spacial score (nSPS) is 11.1. The van der Waals surface area contributed by atoms with Crippen LogP contribution in [0.3, 0.4) is 0 Å². The molecule has 0 aliphatic carbocycles. The molecule has 2 heterocycles. The van der Waals surface area contributed by atoms with Gasteiger partial charge in [-0.2, -0.15) is 0 Å². The van der Waals surface area contributed by atoms with E-state index in [0.29, 0.717) is 16.7 Å². The lowest BCUT2D eigenvalue weighted by atomic mass is 10.1. The van der Waals surface area contributed by atoms with E-state index in [1.54, 1.807) is 30.1 Å². The number of fused-ring (bicyclic) bond motifs is 1. The molecular weight excluding hydrogens is 244 g/mol. The van der Waals surface area contributed by atoms with Crippen LogP contribution in [0.5, 0.6) is 0 Å². The Morgan fingerprint density at radius 2 is 2.21 bits per heavy atom. The quantitative estimate of drug-likeness (QED) is 0.740. The standard InChI is InChI=1S/C13H12N4O2/c1-17-7-11(15-16-17)8-2-3-10-12(18)5-9(6-14)19-13(10)4-8/h2-5,7H,6,14H2,1H3. The van der Waals surface area contributed by atoms with Crippen molar-refractivity contribution >= 4 is 11.0 Å². The summed E-state index contributed by atoms with van der Waals surface area (Å²) in [5.74, 6) is 0.466. The van der Waals surface area contributed by atoms with Crippen LogP contribution in [0.4, 0.5) is 0 Å². The molecule has 0 fully saturated rings. The Kier molecular flexibility index (Phi) is 2.64. The maximum Gasteiger partial charge on any atom is 0.192 e. The fourth-order valence-corrected chi connectivity index (χ4v) is 1.94. The molecule has 2 N–H and O–H groups in total. The Bertz CT molecular complexity index is 804. The van der Waals surface area contributed by atoms with Crippen LogP contribution in [0.2, 0.25) is 0 Å². The van der Waals surface area contributed by atoms with E-state index in [4.69, 9.17) is 10.2 Å². The predicted molar refractivity (Wildman–Crippen MR) is 70.4 cm³/mol. The largest absolute Gasteiger partial charge is 0.459 e. The third kappa shape index (κ3) is 2.02. The molecule has 1 aromatic carbocycles. The molecule has 6 heteroatoms. The van der Waals surface area contributed by atoms with Crippen molar-refractivity contribution in [2.45, 2.75) is 6.54 Å². The highest BCUT2D eigenvalue weighted by atomic mass is 16.3. The van der Waals surface area contributed by atoms with Crippen LogP contribution in [0.15, 0.2) is 39.7 Å². The Morgan fingerprint density at radius 1 is 1.37 bits per heavy atom. The van der Waals surface area contributed by atoms with Crippen LogP contribution >= 0.6 is 0 Å². The molecule has 0 saturated heterocycles. The number of rotatable bonds is 2. The van der Waals surface area contributed by atoms with Crippen LogP contribution in [-0.2, 0) is 13.6 Å². The van der Waals surface area contributed by atoms with E-state index < -0.39 is 0 Å². The van der Waals surface area contributed by atoms with Crippen molar-refractivity contribution in [3.8, 4) is 11.3 Å². The highest BCUT2D eigenvalue weighted by molar-refractivity contribution is 5.81. The minimum Gasteiger partial charge on any atom is -0.459 e. The Hall–Kier alpha value is -2.47. The highest BCUT2D eigenvalue weighted by Gasteiger charge is 2.08. The van der Waals surface area contributed by atoms with Crippen molar-refractivity contribution in [3.63, 3.8) is 0 Å². The molecule has 6 nitrogen and oxygen atoms in total. The first kappa shape index (κ1) is 11.6. The van der Waals surface area contributed by atoms with Crippen LogP contribution in [-0.4, -0.2) is 15.0 Å². The average molecular weight is 256 g/mol. The van der Waals surface area contributed by atoms with Gasteiger partial charge in [-0.3, -0.25) is 9.48 Å². The van der Waals surface area contributed by atoms with Crippen molar-refractivity contribution in [3.05, 3.63) is 46.4 Å². The van der Waals surface area contributed by atoms with Gasteiger partial charge in [0.05, 0.1) is 18.1 Å². The SMILES string of the molecule is Cn1cc(-c2ccc3c(=O)cc(CN)oc3c2)nn1. The van der Waals surface area contributed by atoms with Crippen LogP contribution < -0.4 is 11.2 Å². The molecule has 0 amide bonds. The molecule has 0 aliphatic heterocycles. The van der Waals surface area contributed by atoms with E-state index in [0.717, 1.165) is 11.3 Å². The molecule has 0 bridgehead atoms. The fraction of sp³-hybridized carbons (Fsp3) is 0.154. The minimum atomic E-state index is -0.0904. The third-order valence-corrected chi connectivity index (χ3v) is 2.88. The van der Waals surface area contributed by atoms with E-state index >= 15 is 0 Å². The summed E-state index contributed by atoms with van der Waals surface area (Å²) < 4.78 is 7.20. The molecule has 3 aromatic rings.